The number of piperidine rings is 1. The Balaban J connectivity index is 1.41. The quantitative estimate of drug-likeness (QED) is 0.768. The van der Waals surface area contributed by atoms with Crippen molar-refractivity contribution in [2.24, 2.45) is 5.92 Å². The first-order chi connectivity index (χ1) is 12.2. The molecule has 1 atom stereocenters. The van der Waals surface area contributed by atoms with Gasteiger partial charge in [0.1, 0.15) is 0 Å². The van der Waals surface area contributed by atoms with Gasteiger partial charge < -0.3 is 16.0 Å². The van der Waals surface area contributed by atoms with E-state index in [0.717, 1.165) is 32.2 Å². The van der Waals surface area contributed by atoms with Crippen molar-refractivity contribution in [3.05, 3.63) is 35.4 Å². The number of fused-ring (bicyclic) bond motifs is 1. The molecule has 1 fully saturated rings. The summed E-state index contributed by atoms with van der Waals surface area (Å²) in [5.41, 5.74) is 3.10. The molecule has 0 radical (unpaired) electrons. The summed E-state index contributed by atoms with van der Waals surface area (Å²) in [6.45, 7) is 9.60. The first-order valence-electron chi connectivity index (χ1n) is 10.1. The van der Waals surface area contributed by atoms with Crippen LogP contribution in [0.25, 0.3) is 0 Å². The molecule has 4 nitrogen and oxygen atoms in total. The molecule has 3 rings (SSSR count). The highest BCUT2D eigenvalue weighted by Crippen LogP contribution is 2.29. The number of hydrogen-bond donors (Lipinski definition) is 3. The lowest BCUT2D eigenvalue weighted by molar-refractivity contribution is 0.147. The molecule has 1 saturated heterocycles. The van der Waals surface area contributed by atoms with Gasteiger partial charge in [0.15, 0.2) is 0 Å². The Bertz CT molecular complexity index is 622. The fourth-order valence-electron chi connectivity index (χ4n) is 5.07. The maximum atomic E-state index is 12.3. The molecule has 0 spiro atoms. The lowest BCUT2D eigenvalue weighted by Crippen LogP contribution is -2.62. The minimum atomic E-state index is -0.0142. The lowest BCUT2D eigenvalue weighted by Gasteiger charge is -2.46. The van der Waals surface area contributed by atoms with Crippen molar-refractivity contribution in [3.8, 4) is 0 Å². The van der Waals surface area contributed by atoms with Gasteiger partial charge in [0.2, 0.25) is 0 Å². The lowest BCUT2D eigenvalue weighted by atomic mass is 9.80. The zero-order valence-electron chi connectivity index (χ0n) is 16.8. The second-order valence-corrected chi connectivity index (χ2v) is 9.56. The first-order valence-corrected chi connectivity index (χ1v) is 10.1. The van der Waals surface area contributed by atoms with Crippen LogP contribution in [0.1, 0.15) is 64.5 Å². The van der Waals surface area contributed by atoms with Gasteiger partial charge >= 0.3 is 6.03 Å². The SMILES string of the molecule is CC1(C)CC(NC(=O)NCCC2CCc3ccccc3C2)CC(C)(C)N1. The number of rotatable bonds is 4. The predicted molar refractivity (Wildman–Crippen MR) is 107 cm³/mol. The summed E-state index contributed by atoms with van der Waals surface area (Å²) in [7, 11) is 0. The Hall–Kier alpha value is -1.55. The van der Waals surface area contributed by atoms with Gasteiger partial charge in [-0.25, -0.2) is 4.79 Å². The number of carbonyl (C=O) groups is 1. The van der Waals surface area contributed by atoms with Crippen LogP contribution >= 0.6 is 0 Å². The molecule has 2 amide bonds. The van der Waals surface area contributed by atoms with Crippen LogP contribution in [0.3, 0.4) is 0 Å². The Labute approximate surface area is 158 Å². The molecule has 4 heteroatoms. The van der Waals surface area contributed by atoms with Gasteiger partial charge in [0.05, 0.1) is 0 Å². The zero-order chi connectivity index (χ0) is 18.8. The van der Waals surface area contributed by atoms with Crippen molar-refractivity contribution < 1.29 is 4.79 Å². The molecule has 26 heavy (non-hydrogen) atoms. The number of aryl methyl sites for hydroxylation is 1. The largest absolute Gasteiger partial charge is 0.338 e. The molecule has 144 valence electrons. The third-order valence-corrected chi connectivity index (χ3v) is 5.81. The van der Waals surface area contributed by atoms with Crippen LogP contribution in [0.15, 0.2) is 24.3 Å². The third-order valence-electron chi connectivity index (χ3n) is 5.81. The van der Waals surface area contributed by atoms with Gasteiger partial charge in [-0.05, 0) is 83.3 Å². The van der Waals surface area contributed by atoms with E-state index in [1.165, 1.54) is 24.0 Å². The molecule has 0 bridgehead atoms. The maximum absolute atomic E-state index is 12.3. The Kier molecular flexibility index (Phi) is 5.61. The minimum Gasteiger partial charge on any atom is -0.338 e. The average Bonchev–Trinajstić information content (AvgIpc) is 2.51. The molecule has 2 aliphatic rings. The summed E-state index contributed by atoms with van der Waals surface area (Å²) in [4.78, 5) is 12.3. The topological polar surface area (TPSA) is 53.2 Å². The van der Waals surface area contributed by atoms with Crippen LogP contribution in [-0.4, -0.2) is 29.7 Å². The highest BCUT2D eigenvalue weighted by molar-refractivity contribution is 5.74. The summed E-state index contributed by atoms with van der Waals surface area (Å²) in [5, 5.41) is 9.94. The van der Waals surface area contributed by atoms with Gasteiger partial charge in [-0.15, -0.1) is 0 Å². The van der Waals surface area contributed by atoms with E-state index in [0.29, 0.717) is 5.92 Å². The number of amides is 2. The van der Waals surface area contributed by atoms with Crippen LogP contribution in [0.4, 0.5) is 4.79 Å². The molecular weight excluding hydrogens is 322 g/mol. The monoisotopic (exact) mass is 357 g/mol. The highest BCUT2D eigenvalue weighted by Gasteiger charge is 2.38. The molecular formula is C22H35N3O. The Morgan fingerprint density at radius 1 is 1.12 bits per heavy atom. The smallest absolute Gasteiger partial charge is 0.315 e. The zero-order valence-corrected chi connectivity index (χ0v) is 16.8. The third kappa shape index (κ3) is 5.23. The molecule has 1 unspecified atom stereocenters. The molecule has 1 aliphatic heterocycles. The summed E-state index contributed by atoms with van der Waals surface area (Å²) >= 11 is 0. The maximum Gasteiger partial charge on any atom is 0.315 e. The molecule has 1 aliphatic carbocycles. The van der Waals surface area contributed by atoms with E-state index in [1.54, 1.807) is 0 Å². The Morgan fingerprint density at radius 2 is 1.77 bits per heavy atom. The van der Waals surface area contributed by atoms with Crippen LogP contribution in [-0.2, 0) is 12.8 Å². The summed E-state index contributed by atoms with van der Waals surface area (Å²) in [6, 6.07) is 8.98. The van der Waals surface area contributed by atoms with E-state index in [2.05, 4.69) is 67.9 Å². The molecule has 0 aromatic heterocycles. The van der Waals surface area contributed by atoms with Crippen molar-refractivity contribution in [2.45, 2.75) is 83.3 Å². The minimum absolute atomic E-state index is 0.0142. The van der Waals surface area contributed by atoms with E-state index in [-0.39, 0.29) is 23.2 Å². The van der Waals surface area contributed by atoms with Crippen LogP contribution in [0.2, 0.25) is 0 Å². The highest BCUT2D eigenvalue weighted by atomic mass is 16.2. The number of urea groups is 1. The number of hydrogen-bond acceptors (Lipinski definition) is 2. The fourth-order valence-corrected chi connectivity index (χ4v) is 5.07. The van der Waals surface area contributed by atoms with Gasteiger partial charge in [-0.1, -0.05) is 24.3 Å². The molecule has 0 saturated carbocycles. The van der Waals surface area contributed by atoms with E-state index >= 15 is 0 Å². The van der Waals surface area contributed by atoms with Gasteiger partial charge in [0.25, 0.3) is 0 Å². The predicted octanol–water partition coefficient (Wildman–Crippen LogP) is 3.79. The molecule has 1 aromatic rings. The van der Waals surface area contributed by atoms with Crippen molar-refractivity contribution in [2.75, 3.05) is 6.54 Å². The van der Waals surface area contributed by atoms with Crippen LogP contribution < -0.4 is 16.0 Å². The second-order valence-electron chi connectivity index (χ2n) is 9.56. The first kappa shape index (κ1) is 19.2. The van der Waals surface area contributed by atoms with Crippen molar-refractivity contribution in [1.82, 2.24) is 16.0 Å². The number of carbonyl (C=O) groups excluding carboxylic acids is 1. The van der Waals surface area contributed by atoms with Gasteiger partial charge in [-0.2, -0.15) is 0 Å². The molecule has 3 N–H and O–H groups in total. The summed E-state index contributed by atoms with van der Waals surface area (Å²) in [6.07, 6.45) is 6.54. The van der Waals surface area contributed by atoms with E-state index in [9.17, 15) is 4.79 Å². The van der Waals surface area contributed by atoms with Crippen molar-refractivity contribution >= 4 is 6.03 Å². The molecule has 1 aromatic carbocycles. The number of benzene rings is 1. The Morgan fingerprint density at radius 3 is 2.46 bits per heavy atom. The van der Waals surface area contributed by atoms with Crippen LogP contribution in [0.5, 0.6) is 0 Å². The summed E-state index contributed by atoms with van der Waals surface area (Å²) in [5.74, 6) is 0.682. The normalized spacial score (nSPS) is 24.5. The standard InChI is InChI=1S/C22H35N3O/c1-21(2)14-19(15-22(3,4)25-21)24-20(26)23-12-11-16-9-10-17-7-5-6-8-18(17)13-16/h5-8,16,19,25H,9-15H2,1-4H3,(H2,23,24,26). The van der Waals surface area contributed by atoms with Crippen molar-refractivity contribution in [3.63, 3.8) is 0 Å². The van der Waals surface area contributed by atoms with Crippen LogP contribution in [0, 0.1) is 5.92 Å². The average molecular weight is 358 g/mol. The molecule has 1 heterocycles. The fraction of sp³-hybridized carbons (Fsp3) is 0.682. The van der Waals surface area contributed by atoms with Gasteiger partial charge in [-0.3, -0.25) is 0 Å². The van der Waals surface area contributed by atoms with E-state index in [1.807, 2.05) is 0 Å². The van der Waals surface area contributed by atoms with Gasteiger partial charge in [0, 0.05) is 23.7 Å². The van der Waals surface area contributed by atoms with Crippen molar-refractivity contribution in [1.29, 1.82) is 0 Å². The van der Waals surface area contributed by atoms with E-state index in [4.69, 9.17) is 0 Å². The number of nitrogens with one attached hydrogen (secondary N) is 3. The second kappa shape index (κ2) is 7.59. The summed E-state index contributed by atoms with van der Waals surface area (Å²) < 4.78 is 0. The van der Waals surface area contributed by atoms with E-state index < -0.39 is 0 Å².